The fourth-order valence-electron chi connectivity index (χ4n) is 5.06. The molecule has 0 bridgehead atoms. The molecular formula is C30H31N5O3. The van der Waals surface area contributed by atoms with Crippen LogP contribution in [0.1, 0.15) is 49.4 Å². The van der Waals surface area contributed by atoms with Crippen molar-refractivity contribution in [3.8, 4) is 22.4 Å². The zero-order chi connectivity index (χ0) is 26.6. The highest BCUT2D eigenvalue weighted by Gasteiger charge is 2.21. The maximum atomic E-state index is 12.2. The minimum Gasteiger partial charge on any atom is -0.393 e. The second-order valence-corrected chi connectivity index (χ2v) is 9.70. The number of nitrogens with zero attached hydrogens (tertiary/aromatic N) is 2. The minimum absolute atomic E-state index is 0.0680. The second kappa shape index (κ2) is 11.0. The van der Waals surface area contributed by atoms with Crippen LogP contribution in [0.2, 0.25) is 0 Å². The molecule has 1 aliphatic rings. The van der Waals surface area contributed by atoms with Gasteiger partial charge >= 0.3 is 0 Å². The molecule has 2 aromatic heterocycles. The molecule has 4 aromatic rings. The molecule has 1 aliphatic carbocycles. The molecule has 38 heavy (non-hydrogen) atoms. The Morgan fingerprint density at radius 3 is 2.58 bits per heavy atom. The van der Waals surface area contributed by atoms with Gasteiger partial charge in [-0.05, 0) is 60.9 Å². The van der Waals surface area contributed by atoms with E-state index >= 15 is 0 Å². The van der Waals surface area contributed by atoms with E-state index in [1.165, 1.54) is 0 Å². The average Bonchev–Trinajstić information content (AvgIpc) is 2.93. The predicted octanol–water partition coefficient (Wildman–Crippen LogP) is 5.13. The topological polar surface area (TPSA) is 130 Å². The van der Waals surface area contributed by atoms with Crippen LogP contribution in [0.15, 0.2) is 67.1 Å². The van der Waals surface area contributed by atoms with Crippen molar-refractivity contribution in [2.75, 3.05) is 10.6 Å². The third kappa shape index (κ3) is 5.35. The van der Waals surface area contributed by atoms with Crippen molar-refractivity contribution in [3.63, 3.8) is 0 Å². The Morgan fingerprint density at radius 2 is 1.82 bits per heavy atom. The van der Waals surface area contributed by atoms with Gasteiger partial charge in [-0.3, -0.25) is 19.6 Å². The summed E-state index contributed by atoms with van der Waals surface area (Å²) in [6, 6.07) is 15.6. The lowest BCUT2D eigenvalue weighted by molar-refractivity contribution is -0.115. The van der Waals surface area contributed by atoms with Crippen LogP contribution in [0.5, 0.6) is 0 Å². The van der Waals surface area contributed by atoms with Gasteiger partial charge in [-0.15, -0.1) is 0 Å². The number of aliphatic hydroxyl groups excluding tert-OH is 1. The van der Waals surface area contributed by atoms with Gasteiger partial charge in [0.25, 0.3) is 5.91 Å². The first-order valence-corrected chi connectivity index (χ1v) is 12.9. The molecule has 8 nitrogen and oxygen atoms in total. The van der Waals surface area contributed by atoms with Crippen molar-refractivity contribution in [3.05, 3.63) is 72.7 Å². The van der Waals surface area contributed by atoms with E-state index in [1.54, 1.807) is 24.7 Å². The second-order valence-electron chi connectivity index (χ2n) is 9.70. The monoisotopic (exact) mass is 509 g/mol. The van der Waals surface area contributed by atoms with Gasteiger partial charge < -0.3 is 21.5 Å². The molecule has 2 aromatic carbocycles. The van der Waals surface area contributed by atoms with Crippen molar-refractivity contribution >= 4 is 34.0 Å². The number of carbonyl (C=O) groups is 2. The molecule has 0 radical (unpaired) electrons. The molecule has 5 N–H and O–H groups in total. The van der Waals surface area contributed by atoms with Gasteiger partial charge in [-0.25, -0.2) is 0 Å². The number of nitrogens with one attached hydrogen (secondary N) is 2. The quantitative estimate of drug-likeness (QED) is 0.273. The van der Waals surface area contributed by atoms with Crippen LogP contribution in [0, 0.1) is 0 Å². The Hall–Kier alpha value is -4.30. The number of anilines is 2. The molecule has 2 amide bonds. The number of fused-ring (bicyclic) bond motifs is 1. The number of carbonyl (C=O) groups excluding carboxylic acids is 2. The number of benzene rings is 2. The van der Waals surface area contributed by atoms with Crippen LogP contribution in [-0.4, -0.2) is 39.0 Å². The summed E-state index contributed by atoms with van der Waals surface area (Å²) in [5.74, 6) is -0.563. The summed E-state index contributed by atoms with van der Waals surface area (Å²) < 4.78 is 0. The van der Waals surface area contributed by atoms with E-state index < -0.39 is 5.91 Å². The maximum Gasteiger partial charge on any atom is 0.250 e. The van der Waals surface area contributed by atoms with Gasteiger partial charge in [-0.2, -0.15) is 0 Å². The van der Waals surface area contributed by atoms with Crippen molar-refractivity contribution in [1.82, 2.24) is 9.97 Å². The van der Waals surface area contributed by atoms with E-state index in [4.69, 9.17) is 10.7 Å². The Morgan fingerprint density at radius 1 is 1.00 bits per heavy atom. The minimum atomic E-state index is -0.495. The molecule has 194 valence electrons. The summed E-state index contributed by atoms with van der Waals surface area (Å²) in [5, 5.41) is 18.2. The van der Waals surface area contributed by atoms with E-state index in [-0.39, 0.29) is 18.1 Å². The molecule has 8 heteroatoms. The lowest BCUT2D eigenvalue weighted by Gasteiger charge is -2.28. The summed E-state index contributed by atoms with van der Waals surface area (Å²) in [7, 11) is 0. The Balaban J connectivity index is 1.54. The SMILES string of the molecule is CCC(=O)Nc1cncc(-c2cccc3c(-c4ccc(C(N)=O)c(NC5CCC(O)CC5)c4)nccc23)c1. The van der Waals surface area contributed by atoms with Crippen molar-refractivity contribution in [1.29, 1.82) is 0 Å². The molecule has 1 saturated carbocycles. The first-order chi connectivity index (χ1) is 18.4. The van der Waals surface area contributed by atoms with Crippen LogP contribution in [0.25, 0.3) is 33.2 Å². The summed E-state index contributed by atoms with van der Waals surface area (Å²) in [5.41, 5.74) is 10.9. The summed E-state index contributed by atoms with van der Waals surface area (Å²) >= 11 is 0. The lowest BCUT2D eigenvalue weighted by Crippen LogP contribution is -2.29. The van der Waals surface area contributed by atoms with Gasteiger partial charge in [-0.1, -0.05) is 31.2 Å². The largest absolute Gasteiger partial charge is 0.393 e. The summed E-state index contributed by atoms with van der Waals surface area (Å²) in [6.07, 6.45) is 8.43. The Kier molecular flexibility index (Phi) is 7.33. The normalized spacial score (nSPS) is 17.2. The fraction of sp³-hybridized carbons (Fsp3) is 0.267. The highest BCUT2D eigenvalue weighted by Crippen LogP contribution is 2.35. The van der Waals surface area contributed by atoms with E-state index in [1.807, 2.05) is 49.4 Å². The van der Waals surface area contributed by atoms with Gasteiger partial charge in [0.2, 0.25) is 5.91 Å². The molecule has 0 atom stereocenters. The number of aliphatic hydroxyl groups is 1. The molecule has 2 heterocycles. The first-order valence-electron chi connectivity index (χ1n) is 12.9. The van der Waals surface area contributed by atoms with Crippen LogP contribution in [0.4, 0.5) is 11.4 Å². The van der Waals surface area contributed by atoms with Gasteiger partial charge in [0.05, 0.1) is 29.2 Å². The fourth-order valence-corrected chi connectivity index (χ4v) is 5.06. The van der Waals surface area contributed by atoms with Gasteiger partial charge in [0, 0.05) is 47.1 Å². The number of aromatic nitrogens is 2. The Bertz CT molecular complexity index is 1490. The molecule has 0 spiro atoms. The van der Waals surface area contributed by atoms with Crippen molar-refractivity contribution < 1.29 is 14.7 Å². The Labute approximate surface area is 221 Å². The van der Waals surface area contributed by atoms with E-state index in [0.29, 0.717) is 23.4 Å². The van der Waals surface area contributed by atoms with Crippen molar-refractivity contribution in [2.45, 2.75) is 51.2 Å². The summed E-state index contributed by atoms with van der Waals surface area (Å²) in [4.78, 5) is 33.1. The molecular weight excluding hydrogens is 478 g/mol. The third-order valence-corrected chi connectivity index (χ3v) is 7.07. The number of amides is 2. The number of nitrogens with two attached hydrogens (primary N) is 1. The molecule has 0 unspecified atom stereocenters. The number of hydrogen-bond donors (Lipinski definition) is 4. The van der Waals surface area contributed by atoms with Crippen LogP contribution >= 0.6 is 0 Å². The van der Waals surface area contributed by atoms with E-state index in [0.717, 1.165) is 58.8 Å². The molecule has 0 saturated heterocycles. The van der Waals surface area contributed by atoms with Crippen LogP contribution in [-0.2, 0) is 4.79 Å². The highest BCUT2D eigenvalue weighted by molar-refractivity contribution is 6.05. The van der Waals surface area contributed by atoms with Crippen molar-refractivity contribution in [2.24, 2.45) is 5.73 Å². The average molecular weight is 510 g/mol. The lowest BCUT2D eigenvalue weighted by atomic mass is 9.92. The highest BCUT2D eigenvalue weighted by atomic mass is 16.3. The number of hydrogen-bond acceptors (Lipinski definition) is 6. The zero-order valence-corrected chi connectivity index (χ0v) is 21.3. The zero-order valence-electron chi connectivity index (χ0n) is 21.3. The van der Waals surface area contributed by atoms with Crippen LogP contribution < -0.4 is 16.4 Å². The summed E-state index contributed by atoms with van der Waals surface area (Å²) in [6.45, 7) is 1.81. The maximum absolute atomic E-state index is 12.2. The molecule has 1 fully saturated rings. The standard InChI is InChI=1S/C30H31N5O3/c1-2-28(37)35-21-14-19(16-32-17-21)23-4-3-5-25-24(23)12-13-33-29(25)18-6-11-26(30(31)38)27(15-18)34-20-7-9-22(36)10-8-20/h3-6,11-17,20,22,34,36H,2,7-10H2,1H3,(H2,31,38)(H,35,37). The van der Waals surface area contributed by atoms with Gasteiger partial charge in [0.15, 0.2) is 0 Å². The van der Waals surface area contributed by atoms with E-state index in [9.17, 15) is 14.7 Å². The molecule has 5 rings (SSSR count). The smallest absolute Gasteiger partial charge is 0.250 e. The number of pyridine rings is 2. The van der Waals surface area contributed by atoms with Gasteiger partial charge in [0.1, 0.15) is 0 Å². The van der Waals surface area contributed by atoms with E-state index in [2.05, 4.69) is 15.6 Å². The first kappa shape index (κ1) is 25.4. The predicted molar refractivity (Wildman–Crippen MR) is 150 cm³/mol. The molecule has 0 aliphatic heterocycles. The number of primary amides is 1. The van der Waals surface area contributed by atoms with Crippen LogP contribution in [0.3, 0.4) is 0 Å². The third-order valence-electron chi connectivity index (χ3n) is 7.07. The number of rotatable bonds is 7.